The maximum absolute atomic E-state index is 12.2. The maximum atomic E-state index is 12.2. The van der Waals surface area contributed by atoms with E-state index in [0.29, 0.717) is 31.1 Å². The molecule has 0 aliphatic heterocycles. The van der Waals surface area contributed by atoms with E-state index in [2.05, 4.69) is 34.6 Å². The van der Waals surface area contributed by atoms with E-state index in [1.54, 1.807) is 6.08 Å². The summed E-state index contributed by atoms with van der Waals surface area (Å²) in [6.45, 7) is 13.9. The second-order valence-corrected chi connectivity index (χ2v) is 13.3. The first-order chi connectivity index (χ1) is 15.3. The summed E-state index contributed by atoms with van der Waals surface area (Å²) in [5.74, 6) is 3.09. The van der Waals surface area contributed by atoms with Crippen LogP contribution in [0.15, 0.2) is 11.6 Å². The van der Waals surface area contributed by atoms with Gasteiger partial charge in [0.25, 0.3) is 0 Å². The molecule has 0 amide bonds. The first-order valence-electron chi connectivity index (χ1n) is 13.9. The number of aliphatic hydroxyl groups is 4. The van der Waals surface area contributed by atoms with Crippen molar-refractivity contribution < 1.29 is 20.4 Å². The summed E-state index contributed by atoms with van der Waals surface area (Å²) in [5.41, 5.74) is -2.28. The van der Waals surface area contributed by atoms with Crippen molar-refractivity contribution in [3.63, 3.8) is 0 Å². The number of rotatable bonds is 6. The molecule has 3 fully saturated rings. The summed E-state index contributed by atoms with van der Waals surface area (Å²) in [7, 11) is 0. The predicted molar refractivity (Wildman–Crippen MR) is 133 cm³/mol. The van der Waals surface area contributed by atoms with E-state index in [-0.39, 0.29) is 17.8 Å². The van der Waals surface area contributed by atoms with Gasteiger partial charge in [0.1, 0.15) is 11.7 Å². The lowest BCUT2D eigenvalue weighted by atomic mass is 9.43. The van der Waals surface area contributed by atoms with Crippen LogP contribution < -0.4 is 0 Å². The van der Waals surface area contributed by atoms with Crippen molar-refractivity contribution in [2.24, 2.45) is 40.4 Å². The Bertz CT molecular complexity index is 763. The van der Waals surface area contributed by atoms with Crippen LogP contribution in [-0.4, -0.2) is 43.8 Å². The van der Waals surface area contributed by atoms with Gasteiger partial charge < -0.3 is 20.4 Å². The molecule has 4 nitrogen and oxygen atoms in total. The van der Waals surface area contributed by atoms with Crippen LogP contribution in [0.1, 0.15) is 106 Å². The Hall–Kier alpha value is -0.420. The van der Waals surface area contributed by atoms with E-state index in [0.717, 1.165) is 30.3 Å². The monoisotopic (exact) mass is 462 g/mol. The van der Waals surface area contributed by atoms with Crippen LogP contribution in [0.25, 0.3) is 0 Å². The van der Waals surface area contributed by atoms with E-state index < -0.39 is 28.8 Å². The van der Waals surface area contributed by atoms with E-state index in [1.807, 2.05) is 6.92 Å². The molecule has 4 heteroatoms. The molecule has 0 bridgehead atoms. The van der Waals surface area contributed by atoms with Crippen molar-refractivity contribution in [2.75, 3.05) is 0 Å². The highest BCUT2D eigenvalue weighted by Gasteiger charge is 2.71. The molecule has 0 radical (unpaired) electrons. The van der Waals surface area contributed by atoms with Crippen molar-refractivity contribution in [2.45, 2.75) is 129 Å². The Morgan fingerprint density at radius 1 is 0.970 bits per heavy atom. The van der Waals surface area contributed by atoms with E-state index in [4.69, 9.17) is 0 Å². The van der Waals surface area contributed by atoms with Crippen molar-refractivity contribution in [3.05, 3.63) is 11.6 Å². The van der Waals surface area contributed by atoms with Gasteiger partial charge in [-0.3, -0.25) is 0 Å². The normalized spacial score (nSPS) is 49.1. The molecule has 3 saturated carbocycles. The molecule has 0 unspecified atom stereocenters. The van der Waals surface area contributed by atoms with Gasteiger partial charge in [0.15, 0.2) is 0 Å². The fraction of sp³-hybridized carbons (Fsp3) is 0.931. The first kappa shape index (κ1) is 25.7. The second kappa shape index (κ2) is 8.61. The molecule has 4 aliphatic carbocycles. The van der Waals surface area contributed by atoms with Crippen LogP contribution in [0, 0.1) is 40.4 Å². The van der Waals surface area contributed by atoms with Crippen LogP contribution in [0.2, 0.25) is 0 Å². The molecular weight excluding hydrogens is 412 g/mol. The topological polar surface area (TPSA) is 80.9 Å². The molecular formula is C29H50O4. The third-order valence-electron chi connectivity index (χ3n) is 11.7. The number of hydrogen-bond donors (Lipinski definition) is 4. The van der Waals surface area contributed by atoms with Gasteiger partial charge in [0, 0.05) is 11.8 Å². The van der Waals surface area contributed by atoms with Gasteiger partial charge in [0.2, 0.25) is 0 Å². The Labute approximate surface area is 201 Å². The van der Waals surface area contributed by atoms with Crippen LogP contribution in [-0.2, 0) is 0 Å². The Balaban J connectivity index is 1.60. The lowest BCUT2D eigenvalue weighted by molar-refractivity contribution is -0.258. The highest BCUT2D eigenvalue weighted by Crippen LogP contribution is 2.69. The molecule has 0 aromatic rings. The van der Waals surface area contributed by atoms with Gasteiger partial charge in [-0.1, -0.05) is 60.5 Å². The average molecular weight is 463 g/mol. The summed E-state index contributed by atoms with van der Waals surface area (Å²) < 4.78 is 0. The van der Waals surface area contributed by atoms with Crippen molar-refractivity contribution in [1.29, 1.82) is 0 Å². The number of hydrogen-bond acceptors (Lipinski definition) is 4. The summed E-state index contributed by atoms with van der Waals surface area (Å²) in [6.07, 6.45) is 9.04. The minimum Gasteiger partial charge on any atom is -0.393 e. The van der Waals surface area contributed by atoms with Gasteiger partial charge in [-0.05, 0) is 85.5 Å². The summed E-state index contributed by atoms with van der Waals surface area (Å²) in [4.78, 5) is 0. The third kappa shape index (κ3) is 3.60. The summed E-state index contributed by atoms with van der Waals surface area (Å²) in [5, 5.41) is 45.3. The standard InChI is InChI=1S/C29H50O4/c1-7-20(18(2)3)9-8-19(4)22-10-11-23-24-16-25(31)29(33)17-21(30)12-13-27(29,6)28(24,32)15-14-26(22,23)5/h16,18-23,25,30-33H,7-15,17H2,1-6H3/t19-,20-,21+,22-,23+,25-,26-,27-,28-,29+/m1/s1. The lowest BCUT2D eigenvalue weighted by Crippen LogP contribution is -2.72. The number of aliphatic hydroxyl groups excluding tert-OH is 2. The maximum Gasteiger partial charge on any atom is 0.105 e. The fourth-order valence-electron chi connectivity index (χ4n) is 9.17. The fourth-order valence-corrected chi connectivity index (χ4v) is 9.17. The summed E-state index contributed by atoms with van der Waals surface area (Å²) >= 11 is 0. The van der Waals surface area contributed by atoms with Crippen molar-refractivity contribution >= 4 is 0 Å². The molecule has 4 rings (SSSR count). The van der Waals surface area contributed by atoms with Crippen molar-refractivity contribution in [3.8, 4) is 0 Å². The zero-order valence-corrected chi connectivity index (χ0v) is 22.0. The molecule has 190 valence electrons. The van der Waals surface area contributed by atoms with Gasteiger partial charge in [-0.2, -0.15) is 0 Å². The molecule has 0 spiro atoms. The zero-order chi connectivity index (χ0) is 24.4. The van der Waals surface area contributed by atoms with E-state index >= 15 is 0 Å². The highest BCUT2D eigenvalue weighted by atomic mass is 16.4. The SMILES string of the molecule is CC[C@H](CC[C@@H](C)[C@H]1CC[C@H]2C3=C[C@@H](O)[C@@]4(O)C[C@@H](O)CC[C@]4(C)[C@@]3(O)CC[C@]12C)C(C)C. The molecule has 4 aliphatic rings. The number of fused-ring (bicyclic) bond motifs is 5. The Morgan fingerprint density at radius 2 is 1.67 bits per heavy atom. The molecule has 10 atom stereocenters. The van der Waals surface area contributed by atoms with E-state index in [9.17, 15) is 20.4 Å². The minimum atomic E-state index is -1.48. The molecule has 0 aromatic heterocycles. The van der Waals surface area contributed by atoms with Gasteiger partial charge in [0.05, 0.1) is 11.7 Å². The summed E-state index contributed by atoms with van der Waals surface area (Å²) in [6, 6.07) is 0. The smallest absolute Gasteiger partial charge is 0.105 e. The second-order valence-electron chi connectivity index (χ2n) is 13.3. The average Bonchev–Trinajstić information content (AvgIpc) is 3.10. The molecule has 33 heavy (non-hydrogen) atoms. The van der Waals surface area contributed by atoms with Gasteiger partial charge in [-0.25, -0.2) is 0 Å². The zero-order valence-electron chi connectivity index (χ0n) is 22.0. The first-order valence-corrected chi connectivity index (χ1v) is 13.9. The molecule has 0 aromatic carbocycles. The Kier molecular flexibility index (Phi) is 6.69. The van der Waals surface area contributed by atoms with Crippen LogP contribution in [0.5, 0.6) is 0 Å². The highest BCUT2D eigenvalue weighted by molar-refractivity contribution is 5.40. The van der Waals surface area contributed by atoms with Crippen LogP contribution >= 0.6 is 0 Å². The van der Waals surface area contributed by atoms with Crippen molar-refractivity contribution in [1.82, 2.24) is 0 Å². The van der Waals surface area contributed by atoms with Gasteiger partial charge >= 0.3 is 0 Å². The largest absolute Gasteiger partial charge is 0.393 e. The minimum absolute atomic E-state index is 0.132. The predicted octanol–water partition coefficient (Wildman–Crippen LogP) is 5.23. The van der Waals surface area contributed by atoms with Crippen LogP contribution in [0.4, 0.5) is 0 Å². The lowest BCUT2D eigenvalue weighted by Gasteiger charge is -2.65. The van der Waals surface area contributed by atoms with E-state index in [1.165, 1.54) is 25.7 Å². The van der Waals surface area contributed by atoms with Gasteiger partial charge in [-0.15, -0.1) is 0 Å². The Morgan fingerprint density at radius 3 is 2.30 bits per heavy atom. The molecule has 0 heterocycles. The quantitative estimate of drug-likeness (QED) is 0.408. The third-order valence-corrected chi connectivity index (χ3v) is 11.7. The molecule has 0 saturated heterocycles. The molecule has 4 N–H and O–H groups in total. The van der Waals surface area contributed by atoms with Crippen LogP contribution in [0.3, 0.4) is 0 Å².